The molecule has 3 nitrogen and oxygen atoms in total. The van der Waals surface area contributed by atoms with E-state index in [-0.39, 0.29) is 5.97 Å². The number of ether oxygens (including phenoxy) is 1. The molecule has 0 aromatic heterocycles. The topological polar surface area (TPSA) is 29.5 Å². The summed E-state index contributed by atoms with van der Waals surface area (Å²) in [6.07, 6.45) is 1.96. The number of rotatable bonds is 6. The van der Waals surface area contributed by atoms with Gasteiger partial charge in [0.15, 0.2) is 0 Å². The van der Waals surface area contributed by atoms with Gasteiger partial charge in [-0.3, -0.25) is 9.69 Å². The molecule has 3 heteroatoms. The summed E-state index contributed by atoms with van der Waals surface area (Å²) in [6.45, 7) is 5.98. The van der Waals surface area contributed by atoms with E-state index in [1.165, 1.54) is 0 Å². The van der Waals surface area contributed by atoms with Gasteiger partial charge in [0.05, 0.1) is 13.2 Å². The van der Waals surface area contributed by atoms with Crippen LogP contribution in [-0.2, 0) is 9.53 Å². The maximum absolute atomic E-state index is 11.0. The molecule has 0 rings (SSSR count). The molecule has 0 saturated heterocycles. The molecule has 0 fully saturated rings. The maximum atomic E-state index is 11.0. The lowest BCUT2D eigenvalue weighted by Crippen LogP contribution is -2.28. The summed E-state index contributed by atoms with van der Waals surface area (Å²) in [6, 6.07) is 0. The summed E-state index contributed by atoms with van der Waals surface area (Å²) in [5.41, 5.74) is 0. The molecule has 0 N–H and O–H groups in total. The Balaban J connectivity index is 3.40. The average Bonchev–Trinajstić information content (AvgIpc) is 2.01. The number of carbonyl (C=O) groups excluding carboxylic acids is 1. The first kappa shape index (κ1) is 11.4. The van der Waals surface area contributed by atoms with Crippen molar-refractivity contribution in [1.29, 1.82) is 0 Å². The van der Waals surface area contributed by atoms with Crippen LogP contribution in [0.3, 0.4) is 0 Å². The van der Waals surface area contributed by atoms with Crippen LogP contribution < -0.4 is 0 Å². The normalized spacial score (nSPS) is 10.3. The van der Waals surface area contributed by atoms with E-state index in [2.05, 4.69) is 6.92 Å². The zero-order valence-corrected chi connectivity index (χ0v) is 8.30. The molecule has 12 heavy (non-hydrogen) atoms. The number of hydrogen-bond donors (Lipinski definition) is 0. The Morgan fingerprint density at radius 1 is 1.33 bits per heavy atom. The molecule has 0 radical (unpaired) electrons. The molecule has 0 spiro atoms. The summed E-state index contributed by atoms with van der Waals surface area (Å²) in [4.78, 5) is 13.0. The molecular weight excluding hydrogens is 154 g/mol. The zero-order chi connectivity index (χ0) is 9.40. The van der Waals surface area contributed by atoms with Gasteiger partial charge in [0.25, 0.3) is 0 Å². The van der Waals surface area contributed by atoms with E-state index in [0.717, 1.165) is 19.4 Å². The van der Waals surface area contributed by atoms with Gasteiger partial charge in [-0.15, -0.1) is 0 Å². The smallest absolute Gasteiger partial charge is 0.320 e. The van der Waals surface area contributed by atoms with E-state index in [9.17, 15) is 4.79 Å². The van der Waals surface area contributed by atoms with E-state index in [1.54, 1.807) is 0 Å². The van der Waals surface area contributed by atoms with Gasteiger partial charge < -0.3 is 4.74 Å². The molecule has 0 amide bonds. The number of esters is 1. The van der Waals surface area contributed by atoms with Crippen LogP contribution in [0, 0.1) is 0 Å². The van der Waals surface area contributed by atoms with Crippen molar-refractivity contribution >= 4 is 5.97 Å². The first-order chi connectivity index (χ1) is 5.70. The first-order valence-electron chi connectivity index (χ1n) is 4.54. The highest BCUT2D eigenvalue weighted by molar-refractivity contribution is 5.71. The van der Waals surface area contributed by atoms with E-state index in [0.29, 0.717) is 13.2 Å². The van der Waals surface area contributed by atoms with Crippen LogP contribution in [0.5, 0.6) is 0 Å². The van der Waals surface area contributed by atoms with Gasteiger partial charge in [0.2, 0.25) is 0 Å². The minimum Gasteiger partial charge on any atom is -0.465 e. The Labute approximate surface area is 74.7 Å². The van der Waals surface area contributed by atoms with Crippen molar-refractivity contribution in [2.45, 2.75) is 26.7 Å². The number of nitrogens with zero attached hydrogens (tertiary/aromatic N) is 1. The predicted molar refractivity (Wildman–Crippen MR) is 49.0 cm³/mol. The lowest BCUT2D eigenvalue weighted by Gasteiger charge is -2.13. The lowest BCUT2D eigenvalue weighted by molar-refractivity contribution is -0.144. The zero-order valence-electron chi connectivity index (χ0n) is 8.30. The summed E-state index contributed by atoms with van der Waals surface area (Å²) in [5.74, 6) is -0.118. The second-order valence-electron chi connectivity index (χ2n) is 2.96. The van der Waals surface area contributed by atoms with Gasteiger partial charge in [-0.25, -0.2) is 0 Å². The van der Waals surface area contributed by atoms with Crippen LogP contribution in [0.15, 0.2) is 0 Å². The molecule has 0 aromatic carbocycles. The fraction of sp³-hybridized carbons (Fsp3) is 0.889. The van der Waals surface area contributed by atoms with Crippen molar-refractivity contribution in [3.8, 4) is 0 Å². The summed E-state index contributed by atoms with van der Waals surface area (Å²) < 4.78 is 4.93. The minimum atomic E-state index is -0.118. The SMILES string of the molecule is CCCOC(=O)CN(C)CCC. The third-order valence-corrected chi connectivity index (χ3v) is 1.47. The third kappa shape index (κ3) is 6.16. The van der Waals surface area contributed by atoms with Crippen molar-refractivity contribution in [3.63, 3.8) is 0 Å². The second kappa shape index (κ2) is 7.10. The number of likely N-dealkylation sites (N-methyl/N-ethyl adjacent to an activating group) is 1. The van der Waals surface area contributed by atoms with Crippen molar-refractivity contribution in [2.75, 3.05) is 26.7 Å². The quantitative estimate of drug-likeness (QED) is 0.567. The minimum absolute atomic E-state index is 0.118. The van der Waals surface area contributed by atoms with Gasteiger partial charge in [0.1, 0.15) is 0 Å². The second-order valence-corrected chi connectivity index (χ2v) is 2.96. The highest BCUT2D eigenvalue weighted by Crippen LogP contribution is 1.89. The Morgan fingerprint density at radius 2 is 2.00 bits per heavy atom. The molecule has 0 aliphatic carbocycles. The summed E-state index contributed by atoms with van der Waals surface area (Å²) in [5, 5.41) is 0. The Bertz CT molecular complexity index is 126. The van der Waals surface area contributed by atoms with Crippen molar-refractivity contribution in [3.05, 3.63) is 0 Å². The standard InChI is InChI=1S/C9H19NO2/c1-4-6-10(3)8-9(11)12-7-5-2/h4-8H2,1-3H3. The Kier molecular flexibility index (Phi) is 6.76. The van der Waals surface area contributed by atoms with Crippen LogP contribution in [0.2, 0.25) is 0 Å². The molecule has 0 aliphatic rings. The molecule has 0 bridgehead atoms. The molecule has 0 unspecified atom stereocenters. The van der Waals surface area contributed by atoms with Crippen LogP contribution in [0.4, 0.5) is 0 Å². The fourth-order valence-electron chi connectivity index (χ4n) is 0.943. The van der Waals surface area contributed by atoms with Crippen LogP contribution in [-0.4, -0.2) is 37.6 Å². The molecular formula is C9H19NO2. The first-order valence-corrected chi connectivity index (χ1v) is 4.54. The summed E-state index contributed by atoms with van der Waals surface area (Å²) >= 11 is 0. The molecule has 0 saturated carbocycles. The van der Waals surface area contributed by atoms with Crippen molar-refractivity contribution in [1.82, 2.24) is 4.90 Å². The van der Waals surface area contributed by atoms with Crippen LogP contribution in [0.1, 0.15) is 26.7 Å². The van der Waals surface area contributed by atoms with Crippen LogP contribution in [0.25, 0.3) is 0 Å². The molecule has 72 valence electrons. The molecule has 0 atom stereocenters. The van der Waals surface area contributed by atoms with Gasteiger partial charge >= 0.3 is 5.97 Å². The van der Waals surface area contributed by atoms with Gasteiger partial charge in [-0.05, 0) is 26.4 Å². The largest absolute Gasteiger partial charge is 0.465 e. The summed E-state index contributed by atoms with van der Waals surface area (Å²) in [7, 11) is 1.93. The van der Waals surface area contributed by atoms with Gasteiger partial charge in [-0.1, -0.05) is 13.8 Å². The lowest BCUT2D eigenvalue weighted by atomic mass is 10.4. The Hall–Kier alpha value is -0.570. The van der Waals surface area contributed by atoms with E-state index < -0.39 is 0 Å². The number of carbonyl (C=O) groups is 1. The monoisotopic (exact) mass is 173 g/mol. The molecule has 0 aliphatic heterocycles. The average molecular weight is 173 g/mol. The van der Waals surface area contributed by atoms with Crippen LogP contribution >= 0.6 is 0 Å². The Morgan fingerprint density at radius 3 is 2.50 bits per heavy atom. The van der Waals surface area contributed by atoms with Crippen molar-refractivity contribution in [2.24, 2.45) is 0 Å². The molecule has 0 heterocycles. The molecule has 0 aromatic rings. The van der Waals surface area contributed by atoms with Gasteiger partial charge in [0, 0.05) is 0 Å². The fourth-order valence-corrected chi connectivity index (χ4v) is 0.943. The highest BCUT2D eigenvalue weighted by atomic mass is 16.5. The van der Waals surface area contributed by atoms with Crippen molar-refractivity contribution < 1.29 is 9.53 Å². The van der Waals surface area contributed by atoms with Gasteiger partial charge in [-0.2, -0.15) is 0 Å². The predicted octanol–water partition coefficient (Wildman–Crippen LogP) is 1.28. The highest BCUT2D eigenvalue weighted by Gasteiger charge is 2.05. The maximum Gasteiger partial charge on any atom is 0.320 e. The van der Waals surface area contributed by atoms with E-state index in [1.807, 2.05) is 18.9 Å². The number of hydrogen-bond acceptors (Lipinski definition) is 3. The van der Waals surface area contributed by atoms with E-state index >= 15 is 0 Å². The van der Waals surface area contributed by atoms with E-state index in [4.69, 9.17) is 4.74 Å². The third-order valence-electron chi connectivity index (χ3n) is 1.47.